The number of allylic oxidation sites excluding steroid dienone is 1. The van der Waals surface area contributed by atoms with E-state index in [0.717, 1.165) is 16.6 Å². The normalized spacial score (nSPS) is 11.3. The number of aromatic amines is 1. The van der Waals surface area contributed by atoms with Crippen LogP contribution in [0.25, 0.3) is 17.0 Å². The van der Waals surface area contributed by atoms with Gasteiger partial charge in [0.15, 0.2) is 5.92 Å². The Morgan fingerprint density at radius 3 is 2.39 bits per heavy atom. The summed E-state index contributed by atoms with van der Waals surface area (Å²) in [5.74, 6) is -2.02. The Morgan fingerprint density at radius 2 is 1.78 bits per heavy atom. The molecule has 122 valence electrons. The Morgan fingerprint density at radius 1 is 1.13 bits per heavy atom. The minimum absolute atomic E-state index is 0.237. The Balaban J connectivity index is 2.06. The zero-order valence-corrected chi connectivity index (χ0v) is 13.4. The Bertz CT molecular complexity index is 651. The third kappa shape index (κ3) is 4.45. The number of H-pyrrole nitrogens is 1. The van der Waals surface area contributed by atoms with Crippen molar-refractivity contribution in [3.8, 4) is 0 Å². The standard InChI is InChI=1S/C18H21NO4/c1-3-22-17(20)15(18(21)23-4-2)10-7-9-14-12-13-8-5-6-11-16(13)19-14/h5-9,11-12,15,19H,3-4,10H2,1-2H3/b9-7+. The number of fused-ring (bicyclic) bond motifs is 1. The second kappa shape index (κ2) is 8.17. The first kappa shape index (κ1) is 16.8. The van der Waals surface area contributed by atoms with Crippen LogP contribution in [0, 0.1) is 5.92 Å². The smallest absolute Gasteiger partial charge is 0.320 e. The average Bonchev–Trinajstić information content (AvgIpc) is 2.94. The molecule has 0 saturated heterocycles. The summed E-state index contributed by atoms with van der Waals surface area (Å²) >= 11 is 0. The molecule has 0 aliphatic heterocycles. The topological polar surface area (TPSA) is 68.4 Å². The van der Waals surface area contributed by atoms with Gasteiger partial charge in [0, 0.05) is 11.2 Å². The molecule has 23 heavy (non-hydrogen) atoms. The molecule has 0 aliphatic carbocycles. The minimum atomic E-state index is -0.921. The molecular weight excluding hydrogens is 294 g/mol. The molecule has 0 saturated carbocycles. The summed E-state index contributed by atoms with van der Waals surface area (Å²) in [4.78, 5) is 27.0. The average molecular weight is 315 g/mol. The third-order valence-corrected chi connectivity index (χ3v) is 3.36. The van der Waals surface area contributed by atoms with E-state index in [1.165, 1.54) is 0 Å². The van der Waals surface area contributed by atoms with Gasteiger partial charge in [0.25, 0.3) is 0 Å². The molecule has 2 rings (SSSR count). The molecule has 0 fully saturated rings. The number of carbonyl (C=O) groups excluding carboxylic acids is 2. The van der Waals surface area contributed by atoms with E-state index in [1.54, 1.807) is 19.9 Å². The summed E-state index contributed by atoms with van der Waals surface area (Å²) in [6.45, 7) is 3.89. The van der Waals surface area contributed by atoms with E-state index in [2.05, 4.69) is 4.98 Å². The van der Waals surface area contributed by atoms with E-state index in [9.17, 15) is 9.59 Å². The van der Waals surface area contributed by atoms with Crippen molar-refractivity contribution in [2.24, 2.45) is 5.92 Å². The van der Waals surface area contributed by atoms with E-state index in [4.69, 9.17) is 9.47 Å². The Labute approximate surface area is 135 Å². The minimum Gasteiger partial charge on any atom is -0.465 e. The van der Waals surface area contributed by atoms with Crippen molar-refractivity contribution in [1.82, 2.24) is 4.98 Å². The second-order valence-corrected chi connectivity index (χ2v) is 5.01. The van der Waals surface area contributed by atoms with Crippen molar-refractivity contribution < 1.29 is 19.1 Å². The molecule has 5 heteroatoms. The fourth-order valence-electron chi connectivity index (χ4n) is 2.29. The van der Waals surface area contributed by atoms with Crippen LogP contribution in [0.3, 0.4) is 0 Å². The molecule has 0 radical (unpaired) electrons. The van der Waals surface area contributed by atoms with Crippen LogP contribution < -0.4 is 0 Å². The molecule has 0 atom stereocenters. The van der Waals surface area contributed by atoms with Crippen molar-refractivity contribution in [3.05, 3.63) is 42.1 Å². The quantitative estimate of drug-likeness (QED) is 0.628. The van der Waals surface area contributed by atoms with Gasteiger partial charge in [-0.3, -0.25) is 9.59 Å². The molecule has 1 heterocycles. The Hall–Kier alpha value is -2.56. The fraction of sp³-hybridized carbons (Fsp3) is 0.333. The lowest BCUT2D eigenvalue weighted by Gasteiger charge is -2.12. The maximum absolute atomic E-state index is 11.9. The summed E-state index contributed by atoms with van der Waals surface area (Å²) < 4.78 is 9.88. The molecule has 0 bridgehead atoms. The van der Waals surface area contributed by atoms with Crippen LogP contribution >= 0.6 is 0 Å². The van der Waals surface area contributed by atoms with Gasteiger partial charge in [-0.2, -0.15) is 0 Å². The number of ether oxygens (including phenoxy) is 2. The highest BCUT2D eigenvalue weighted by Gasteiger charge is 2.28. The van der Waals surface area contributed by atoms with Crippen LogP contribution in [0.4, 0.5) is 0 Å². The number of hydrogen-bond acceptors (Lipinski definition) is 4. The summed E-state index contributed by atoms with van der Waals surface area (Å²) in [7, 11) is 0. The zero-order chi connectivity index (χ0) is 16.7. The first-order chi connectivity index (χ1) is 11.2. The maximum atomic E-state index is 11.9. The van der Waals surface area contributed by atoms with Gasteiger partial charge in [0.05, 0.1) is 13.2 Å². The lowest BCUT2D eigenvalue weighted by Crippen LogP contribution is -2.27. The van der Waals surface area contributed by atoms with E-state index in [1.807, 2.05) is 36.4 Å². The molecule has 1 aromatic carbocycles. The lowest BCUT2D eigenvalue weighted by molar-refractivity contribution is -0.161. The summed E-state index contributed by atoms with van der Waals surface area (Å²) in [6.07, 6.45) is 3.88. The number of nitrogens with one attached hydrogen (secondary N) is 1. The molecule has 0 aliphatic rings. The number of hydrogen-bond donors (Lipinski definition) is 1. The van der Waals surface area contributed by atoms with Crippen molar-refractivity contribution in [1.29, 1.82) is 0 Å². The summed E-state index contributed by atoms with van der Waals surface area (Å²) in [5.41, 5.74) is 1.96. The van der Waals surface area contributed by atoms with E-state index in [0.29, 0.717) is 0 Å². The van der Waals surface area contributed by atoms with Crippen molar-refractivity contribution >= 4 is 28.9 Å². The molecular formula is C18H21NO4. The van der Waals surface area contributed by atoms with Crippen molar-refractivity contribution in [2.75, 3.05) is 13.2 Å². The van der Waals surface area contributed by atoms with E-state index < -0.39 is 17.9 Å². The molecule has 0 spiro atoms. The van der Waals surface area contributed by atoms with Gasteiger partial charge in [-0.25, -0.2) is 0 Å². The number of carbonyl (C=O) groups is 2. The molecule has 0 unspecified atom stereocenters. The van der Waals surface area contributed by atoms with Crippen LogP contribution in [-0.2, 0) is 19.1 Å². The van der Waals surface area contributed by atoms with Crippen LogP contribution in [0.2, 0.25) is 0 Å². The largest absolute Gasteiger partial charge is 0.465 e. The third-order valence-electron chi connectivity index (χ3n) is 3.36. The fourth-order valence-corrected chi connectivity index (χ4v) is 2.29. The SMILES string of the molecule is CCOC(=O)C(C/C=C/c1cc2ccccc2[nH]1)C(=O)OCC. The van der Waals surface area contributed by atoms with Gasteiger partial charge in [0.1, 0.15) is 0 Å². The number of aromatic nitrogens is 1. The first-order valence-electron chi connectivity index (χ1n) is 7.73. The van der Waals surface area contributed by atoms with Gasteiger partial charge in [-0.05, 0) is 43.9 Å². The van der Waals surface area contributed by atoms with Gasteiger partial charge < -0.3 is 14.5 Å². The first-order valence-corrected chi connectivity index (χ1v) is 7.73. The number of esters is 2. The van der Waals surface area contributed by atoms with Gasteiger partial charge in [0.2, 0.25) is 0 Å². The van der Waals surface area contributed by atoms with Crippen LogP contribution in [0.15, 0.2) is 36.4 Å². The highest BCUT2D eigenvalue weighted by atomic mass is 16.6. The number of rotatable bonds is 7. The van der Waals surface area contributed by atoms with Gasteiger partial charge >= 0.3 is 11.9 Å². The van der Waals surface area contributed by atoms with E-state index >= 15 is 0 Å². The number of benzene rings is 1. The van der Waals surface area contributed by atoms with Crippen LogP contribution in [0.5, 0.6) is 0 Å². The lowest BCUT2D eigenvalue weighted by atomic mass is 10.1. The van der Waals surface area contributed by atoms with Crippen LogP contribution in [0.1, 0.15) is 26.0 Å². The molecule has 2 aromatic rings. The highest BCUT2D eigenvalue weighted by Crippen LogP contribution is 2.17. The van der Waals surface area contributed by atoms with Crippen molar-refractivity contribution in [3.63, 3.8) is 0 Å². The molecule has 1 N–H and O–H groups in total. The Kier molecular flexibility index (Phi) is 5.97. The molecule has 0 amide bonds. The van der Waals surface area contributed by atoms with Gasteiger partial charge in [-0.1, -0.05) is 24.3 Å². The van der Waals surface area contributed by atoms with E-state index in [-0.39, 0.29) is 19.6 Å². The maximum Gasteiger partial charge on any atom is 0.320 e. The number of para-hydroxylation sites is 1. The summed E-state index contributed by atoms with van der Waals surface area (Å²) in [5, 5.41) is 1.11. The van der Waals surface area contributed by atoms with Crippen molar-refractivity contribution in [2.45, 2.75) is 20.3 Å². The van der Waals surface area contributed by atoms with Crippen LogP contribution in [-0.4, -0.2) is 30.1 Å². The predicted molar refractivity (Wildman–Crippen MR) is 88.7 cm³/mol. The zero-order valence-electron chi connectivity index (χ0n) is 13.4. The predicted octanol–water partition coefficient (Wildman–Crippen LogP) is 3.31. The summed E-state index contributed by atoms with van der Waals surface area (Å²) in [6, 6.07) is 9.95. The molecule has 5 nitrogen and oxygen atoms in total. The van der Waals surface area contributed by atoms with Gasteiger partial charge in [-0.15, -0.1) is 0 Å². The second-order valence-electron chi connectivity index (χ2n) is 5.01. The monoisotopic (exact) mass is 315 g/mol. The highest BCUT2D eigenvalue weighted by molar-refractivity contribution is 5.95. The molecule has 1 aromatic heterocycles.